The maximum Gasteiger partial charge on any atom is 0.416 e. The zero-order chi connectivity index (χ0) is 23.3. The molecule has 2 aromatic heterocycles. The minimum Gasteiger partial charge on any atom is -0.378 e. The number of anilines is 4. The molecule has 0 unspecified atom stereocenters. The average Bonchev–Trinajstić information content (AvgIpc) is 2.80. The highest BCUT2D eigenvalue weighted by Crippen LogP contribution is 2.31. The Bertz CT molecular complexity index is 1110. The van der Waals surface area contributed by atoms with Crippen LogP contribution in [0.3, 0.4) is 0 Å². The van der Waals surface area contributed by atoms with Crippen molar-refractivity contribution in [2.75, 3.05) is 41.9 Å². The zero-order valence-electron chi connectivity index (χ0n) is 17.8. The molecule has 0 spiro atoms. The number of nitrogens with zero attached hydrogens (tertiary/aromatic N) is 5. The van der Waals surface area contributed by atoms with Crippen molar-refractivity contribution in [2.24, 2.45) is 5.10 Å². The summed E-state index contributed by atoms with van der Waals surface area (Å²) in [4.78, 5) is 15.2. The van der Waals surface area contributed by atoms with E-state index in [9.17, 15) is 13.2 Å². The molecule has 11 heteroatoms. The number of aryl methyl sites for hydroxylation is 1. The number of hydrazone groups is 1. The highest BCUT2D eigenvalue weighted by Gasteiger charge is 2.30. The molecule has 172 valence electrons. The Morgan fingerprint density at radius 1 is 1.06 bits per heavy atom. The van der Waals surface area contributed by atoms with Crippen molar-refractivity contribution in [3.8, 4) is 0 Å². The Hall–Kier alpha value is -3.73. The summed E-state index contributed by atoms with van der Waals surface area (Å²) in [5, 5.41) is 7.05. The van der Waals surface area contributed by atoms with Crippen LogP contribution in [0.15, 0.2) is 53.8 Å². The molecular weight excluding hydrogens is 435 g/mol. The zero-order valence-corrected chi connectivity index (χ0v) is 17.8. The molecule has 1 fully saturated rings. The van der Waals surface area contributed by atoms with E-state index in [4.69, 9.17) is 4.74 Å². The molecule has 4 rings (SSSR count). The summed E-state index contributed by atoms with van der Waals surface area (Å²) < 4.78 is 44.0. The average molecular weight is 457 g/mol. The first-order valence-corrected chi connectivity index (χ1v) is 10.2. The van der Waals surface area contributed by atoms with Crippen LogP contribution in [-0.2, 0) is 10.9 Å². The second-order valence-electron chi connectivity index (χ2n) is 7.34. The van der Waals surface area contributed by atoms with Gasteiger partial charge in [-0.05, 0) is 37.3 Å². The summed E-state index contributed by atoms with van der Waals surface area (Å²) in [5.74, 6) is 1.18. The topological polar surface area (TPSA) is 87.6 Å². The quantitative estimate of drug-likeness (QED) is 0.423. The van der Waals surface area contributed by atoms with Gasteiger partial charge in [-0.3, -0.25) is 4.98 Å². The number of benzene rings is 1. The first-order chi connectivity index (χ1) is 15.9. The van der Waals surface area contributed by atoms with Gasteiger partial charge in [-0.1, -0.05) is 6.07 Å². The van der Waals surface area contributed by atoms with Crippen LogP contribution < -0.4 is 15.6 Å². The van der Waals surface area contributed by atoms with E-state index in [-0.39, 0.29) is 0 Å². The van der Waals surface area contributed by atoms with Crippen molar-refractivity contribution in [1.82, 2.24) is 15.0 Å². The van der Waals surface area contributed by atoms with Crippen LogP contribution in [0.25, 0.3) is 0 Å². The van der Waals surface area contributed by atoms with Crippen LogP contribution in [0, 0.1) is 6.92 Å². The van der Waals surface area contributed by atoms with E-state index in [1.165, 1.54) is 18.5 Å². The number of hydrogen-bond donors (Lipinski definition) is 2. The van der Waals surface area contributed by atoms with E-state index in [0.717, 1.165) is 36.7 Å². The van der Waals surface area contributed by atoms with Gasteiger partial charge in [-0.15, -0.1) is 0 Å². The molecule has 0 aliphatic carbocycles. The second-order valence-corrected chi connectivity index (χ2v) is 7.34. The Labute approximate surface area is 188 Å². The molecule has 1 aromatic carbocycles. The summed E-state index contributed by atoms with van der Waals surface area (Å²) in [6.07, 6.45) is -1.37. The van der Waals surface area contributed by atoms with Crippen LogP contribution in [0.5, 0.6) is 0 Å². The van der Waals surface area contributed by atoms with Crippen molar-refractivity contribution < 1.29 is 17.9 Å². The molecule has 33 heavy (non-hydrogen) atoms. The van der Waals surface area contributed by atoms with E-state index >= 15 is 0 Å². The van der Waals surface area contributed by atoms with Gasteiger partial charge in [-0.25, -0.2) is 10.4 Å². The molecule has 1 saturated heterocycles. The van der Waals surface area contributed by atoms with Gasteiger partial charge >= 0.3 is 6.18 Å². The lowest BCUT2D eigenvalue weighted by Gasteiger charge is -2.28. The smallest absolute Gasteiger partial charge is 0.378 e. The van der Waals surface area contributed by atoms with Gasteiger partial charge in [0.25, 0.3) is 0 Å². The van der Waals surface area contributed by atoms with Crippen molar-refractivity contribution in [3.05, 3.63) is 65.6 Å². The van der Waals surface area contributed by atoms with Crippen molar-refractivity contribution >= 4 is 29.4 Å². The van der Waals surface area contributed by atoms with E-state index in [1.807, 2.05) is 13.0 Å². The number of halogens is 3. The lowest BCUT2D eigenvalue weighted by molar-refractivity contribution is -0.137. The van der Waals surface area contributed by atoms with E-state index in [2.05, 4.69) is 35.7 Å². The number of ether oxygens (including phenoxy) is 1. The summed E-state index contributed by atoms with van der Waals surface area (Å²) in [6.45, 7) is 4.74. The van der Waals surface area contributed by atoms with Crippen LogP contribution in [-0.4, -0.2) is 47.5 Å². The summed E-state index contributed by atoms with van der Waals surface area (Å²) in [5.41, 5.74) is 4.34. The van der Waals surface area contributed by atoms with Crippen molar-refractivity contribution in [1.29, 1.82) is 0 Å². The first-order valence-electron chi connectivity index (χ1n) is 10.2. The van der Waals surface area contributed by atoms with E-state index in [0.29, 0.717) is 36.2 Å². The highest BCUT2D eigenvalue weighted by atomic mass is 19.4. The number of aromatic nitrogens is 3. The van der Waals surface area contributed by atoms with Gasteiger partial charge in [0.2, 0.25) is 5.95 Å². The molecule has 1 aliphatic heterocycles. The number of morpholine rings is 1. The van der Waals surface area contributed by atoms with Crippen molar-refractivity contribution in [3.63, 3.8) is 0 Å². The van der Waals surface area contributed by atoms with Gasteiger partial charge in [-0.2, -0.15) is 23.3 Å². The summed E-state index contributed by atoms with van der Waals surface area (Å²) >= 11 is 0. The van der Waals surface area contributed by atoms with Gasteiger partial charge in [0.1, 0.15) is 5.82 Å². The minimum atomic E-state index is -4.40. The molecule has 0 atom stereocenters. The van der Waals surface area contributed by atoms with Crippen LogP contribution in [0.2, 0.25) is 0 Å². The molecule has 3 aromatic rings. The van der Waals surface area contributed by atoms with Crippen LogP contribution >= 0.6 is 0 Å². The van der Waals surface area contributed by atoms with Crippen LogP contribution in [0.4, 0.5) is 36.3 Å². The van der Waals surface area contributed by atoms with Gasteiger partial charge in [0, 0.05) is 30.5 Å². The molecule has 0 amide bonds. The summed E-state index contributed by atoms with van der Waals surface area (Å²) in [7, 11) is 0. The van der Waals surface area contributed by atoms with E-state index in [1.54, 1.807) is 18.2 Å². The Morgan fingerprint density at radius 3 is 2.61 bits per heavy atom. The number of rotatable bonds is 6. The Balaban J connectivity index is 1.37. The maximum atomic E-state index is 12.9. The third-order valence-electron chi connectivity index (χ3n) is 4.80. The number of pyridine rings is 1. The molecular formula is C22H22F3N7O. The lowest BCUT2D eigenvalue weighted by atomic mass is 10.2. The maximum absolute atomic E-state index is 12.9. The number of nitrogens with one attached hydrogen (secondary N) is 2. The predicted molar refractivity (Wildman–Crippen MR) is 120 cm³/mol. The Kier molecular flexibility index (Phi) is 6.68. The second kappa shape index (κ2) is 9.82. The normalized spacial score (nSPS) is 14.5. The first kappa shape index (κ1) is 22.5. The van der Waals surface area contributed by atoms with Crippen LogP contribution in [0.1, 0.15) is 17.0 Å². The van der Waals surface area contributed by atoms with E-state index < -0.39 is 11.7 Å². The SMILES string of the molecule is Cc1cc(N2CCOCC2)nc(N/N=C/c2ccc(Nc3cccc(C(F)(F)F)c3)cn2)n1. The molecule has 3 heterocycles. The number of alkyl halides is 3. The summed E-state index contributed by atoms with van der Waals surface area (Å²) in [6, 6.07) is 10.3. The molecule has 8 nitrogen and oxygen atoms in total. The highest BCUT2D eigenvalue weighted by molar-refractivity contribution is 5.78. The fourth-order valence-corrected chi connectivity index (χ4v) is 3.21. The molecule has 0 bridgehead atoms. The van der Waals surface area contributed by atoms with Crippen molar-refractivity contribution in [2.45, 2.75) is 13.1 Å². The Morgan fingerprint density at radius 2 is 1.88 bits per heavy atom. The molecule has 1 aliphatic rings. The molecule has 2 N–H and O–H groups in total. The third kappa shape index (κ3) is 6.16. The largest absolute Gasteiger partial charge is 0.416 e. The third-order valence-corrected chi connectivity index (χ3v) is 4.80. The number of hydrogen-bond acceptors (Lipinski definition) is 8. The monoisotopic (exact) mass is 457 g/mol. The standard InChI is InChI=1S/C22H22F3N7O/c1-15-11-20(32-7-9-33-10-8-32)30-21(28-15)31-27-14-18-5-6-19(13-26-18)29-17-4-2-3-16(12-17)22(23,24)25/h2-6,11-14,29H,7-10H2,1H3,(H,28,30,31)/b27-14+. The minimum absolute atomic E-state index is 0.322. The fourth-order valence-electron chi connectivity index (χ4n) is 3.21. The predicted octanol–water partition coefficient (Wildman–Crippen LogP) is 4.23. The molecule has 0 radical (unpaired) electrons. The van der Waals surface area contributed by atoms with Gasteiger partial charge < -0.3 is 15.0 Å². The fraction of sp³-hybridized carbons (Fsp3) is 0.273. The lowest BCUT2D eigenvalue weighted by Crippen LogP contribution is -2.36. The van der Waals surface area contributed by atoms with Gasteiger partial charge in [0.15, 0.2) is 0 Å². The molecule has 0 saturated carbocycles. The van der Waals surface area contributed by atoms with Gasteiger partial charge in [0.05, 0.1) is 42.6 Å².